The number of rotatable bonds is 3. The first kappa shape index (κ1) is 19.8. The summed E-state index contributed by atoms with van der Waals surface area (Å²) in [4.78, 5) is 7.03. The number of imidazole rings is 1. The second kappa shape index (κ2) is 9.80. The standard InChI is InChI=1S/C7H6N2S.3C6H5.Pb/c10-7-8-5-3-1-2-4-6(5)9-7;3*1-2-4-6-5-3-1;/h1-4H,(H2,8,9,10);3*1-5H;/p-1. The van der Waals surface area contributed by atoms with Crippen molar-refractivity contribution in [3.63, 3.8) is 0 Å². The van der Waals surface area contributed by atoms with Crippen LogP contribution in [0.4, 0.5) is 0 Å². The molecule has 0 atom stereocenters. The second-order valence-electron chi connectivity index (χ2n) is 6.53. The summed E-state index contributed by atoms with van der Waals surface area (Å²) in [6.45, 7) is 0. The number of H-pyrrole nitrogens is 1. The number of nitrogens with zero attached hydrogens (tertiary/aromatic N) is 1. The fourth-order valence-corrected chi connectivity index (χ4v) is 13.5. The third kappa shape index (κ3) is 5.11. The molecule has 0 amide bonds. The Kier molecular flexibility index (Phi) is 6.69. The van der Waals surface area contributed by atoms with Crippen LogP contribution in [0.5, 0.6) is 0 Å². The van der Waals surface area contributed by atoms with Crippen LogP contribution in [0.3, 0.4) is 0 Å². The SMILES string of the molecule is [S-]c1nc2ccccc2[nH]1.c1cc[c]([Pb]([c]2ccccc2)[c]2ccccc2)cc1. The maximum absolute atomic E-state index is 4.85. The van der Waals surface area contributed by atoms with Crippen molar-refractivity contribution in [1.29, 1.82) is 0 Å². The maximum atomic E-state index is 4.85. The first-order chi connectivity index (χ1) is 14.3. The molecule has 0 unspecified atom stereocenters. The van der Waals surface area contributed by atoms with E-state index in [4.69, 9.17) is 12.6 Å². The number of hydrogen-bond acceptors (Lipinski definition) is 2. The number of aromatic nitrogens is 2. The van der Waals surface area contributed by atoms with Crippen LogP contribution in [0.25, 0.3) is 11.0 Å². The predicted octanol–water partition coefficient (Wildman–Crippen LogP) is 3.67. The Bertz CT molecular complexity index is 1030. The van der Waals surface area contributed by atoms with E-state index in [-0.39, 0.29) is 0 Å². The van der Waals surface area contributed by atoms with E-state index in [2.05, 4.69) is 101 Å². The third-order valence-electron chi connectivity index (χ3n) is 4.56. The van der Waals surface area contributed by atoms with Gasteiger partial charge in [-0.25, -0.2) is 0 Å². The Balaban J connectivity index is 0.000000171. The molecule has 0 bridgehead atoms. The van der Waals surface area contributed by atoms with Crippen molar-refractivity contribution in [1.82, 2.24) is 9.97 Å². The minimum absolute atomic E-state index is 0.557. The fraction of sp³-hybridized carbons (Fsp3) is 0. The number of nitrogens with one attached hydrogen (secondary N) is 1. The summed E-state index contributed by atoms with van der Waals surface area (Å²) in [5.41, 5.74) is 1.94. The van der Waals surface area contributed by atoms with Crippen molar-refractivity contribution in [2.75, 3.05) is 0 Å². The van der Waals surface area contributed by atoms with Gasteiger partial charge in [0.05, 0.1) is 11.0 Å². The zero-order valence-corrected chi connectivity index (χ0v) is 20.5. The van der Waals surface area contributed by atoms with Crippen molar-refractivity contribution in [3.05, 3.63) is 115 Å². The Labute approximate surface area is 185 Å². The van der Waals surface area contributed by atoms with E-state index in [0.717, 1.165) is 11.0 Å². The molecule has 0 spiro atoms. The Morgan fingerprint density at radius 3 is 1.41 bits per heavy atom. The van der Waals surface area contributed by atoms with E-state index in [1.54, 1.807) is 9.37 Å². The molecule has 29 heavy (non-hydrogen) atoms. The summed E-state index contributed by atoms with van der Waals surface area (Å²) >= 11 is 2.67. The molecular formula is C25H20N2PbS-. The number of aromatic amines is 1. The first-order valence-electron chi connectivity index (χ1n) is 9.46. The number of hydrogen-bond donors (Lipinski definition) is 1. The molecule has 4 heteroatoms. The normalized spacial score (nSPS) is 10.5. The van der Waals surface area contributed by atoms with Gasteiger partial charge in [0, 0.05) is 0 Å². The Morgan fingerprint density at radius 1 is 0.552 bits per heavy atom. The number of fused-ring (bicyclic) bond motifs is 1. The molecule has 0 aliphatic carbocycles. The summed E-state index contributed by atoms with van der Waals surface area (Å²) in [6, 6.07) is 40.8. The summed E-state index contributed by atoms with van der Waals surface area (Å²) < 4.78 is 4.64. The van der Waals surface area contributed by atoms with Crippen LogP contribution in [0.15, 0.2) is 120 Å². The Morgan fingerprint density at radius 2 is 0.966 bits per heavy atom. The van der Waals surface area contributed by atoms with Crippen LogP contribution in [-0.4, -0.2) is 32.7 Å². The van der Waals surface area contributed by atoms with Gasteiger partial charge >= 0.3 is 123 Å². The van der Waals surface area contributed by atoms with Crippen LogP contribution in [0.1, 0.15) is 0 Å². The topological polar surface area (TPSA) is 28.7 Å². The molecule has 1 N–H and O–H groups in total. The molecule has 5 aromatic rings. The first-order valence-corrected chi connectivity index (χ1v) is 15.7. The molecule has 0 fully saturated rings. The van der Waals surface area contributed by atoms with E-state index < -0.39 is 22.7 Å². The quantitative estimate of drug-likeness (QED) is 0.258. The average Bonchev–Trinajstić information content (AvgIpc) is 3.17. The van der Waals surface area contributed by atoms with E-state index in [1.807, 2.05) is 24.3 Å². The summed E-state index contributed by atoms with van der Waals surface area (Å²) in [7, 11) is 0. The van der Waals surface area contributed by atoms with Gasteiger partial charge in [-0.05, 0) is 17.3 Å². The Hall–Kier alpha value is -2.51. The molecule has 1 radical (unpaired) electrons. The predicted molar refractivity (Wildman–Crippen MR) is 126 cm³/mol. The molecule has 0 aliphatic rings. The molecule has 141 valence electrons. The van der Waals surface area contributed by atoms with Gasteiger partial charge in [-0.2, -0.15) is 0 Å². The van der Waals surface area contributed by atoms with E-state index in [9.17, 15) is 0 Å². The van der Waals surface area contributed by atoms with Crippen molar-refractivity contribution in [2.45, 2.75) is 5.16 Å². The minimum atomic E-state index is -2.17. The zero-order chi connectivity index (χ0) is 19.9. The van der Waals surface area contributed by atoms with Gasteiger partial charge < -0.3 is 17.6 Å². The number of benzene rings is 4. The van der Waals surface area contributed by atoms with Gasteiger partial charge in [0.2, 0.25) is 0 Å². The van der Waals surface area contributed by atoms with Gasteiger partial charge in [-0.1, -0.05) is 12.1 Å². The van der Waals surface area contributed by atoms with Crippen LogP contribution in [0.2, 0.25) is 0 Å². The zero-order valence-electron chi connectivity index (χ0n) is 15.8. The molecule has 2 nitrogen and oxygen atoms in total. The van der Waals surface area contributed by atoms with Crippen LogP contribution in [0, 0.1) is 0 Å². The molecule has 1 heterocycles. The molecule has 4 aromatic carbocycles. The van der Waals surface area contributed by atoms with Gasteiger partial charge in [-0.15, -0.1) is 0 Å². The van der Waals surface area contributed by atoms with Crippen LogP contribution in [-0.2, 0) is 12.6 Å². The molecule has 1 aromatic heterocycles. The van der Waals surface area contributed by atoms with E-state index in [1.165, 1.54) is 0 Å². The van der Waals surface area contributed by atoms with Crippen LogP contribution >= 0.6 is 0 Å². The molecule has 0 saturated carbocycles. The summed E-state index contributed by atoms with van der Waals surface area (Å²) in [5, 5.41) is 0.557. The summed E-state index contributed by atoms with van der Waals surface area (Å²) in [6.07, 6.45) is 0. The molecule has 5 rings (SSSR count). The molecular weight excluding hydrogens is 568 g/mol. The van der Waals surface area contributed by atoms with Gasteiger partial charge in [0.25, 0.3) is 0 Å². The van der Waals surface area contributed by atoms with E-state index >= 15 is 0 Å². The van der Waals surface area contributed by atoms with E-state index in [0.29, 0.717) is 5.16 Å². The molecule has 0 aliphatic heterocycles. The van der Waals surface area contributed by atoms with Crippen molar-refractivity contribution < 1.29 is 0 Å². The van der Waals surface area contributed by atoms with Crippen molar-refractivity contribution in [2.24, 2.45) is 0 Å². The van der Waals surface area contributed by atoms with Gasteiger partial charge in [0.1, 0.15) is 0 Å². The second-order valence-corrected chi connectivity index (χ2v) is 16.6. The van der Waals surface area contributed by atoms with Crippen molar-refractivity contribution in [3.8, 4) is 0 Å². The average molecular weight is 588 g/mol. The van der Waals surface area contributed by atoms with Crippen LogP contribution < -0.4 is 9.37 Å². The molecule has 0 saturated heterocycles. The summed E-state index contributed by atoms with van der Waals surface area (Å²) in [5.74, 6) is 0. The monoisotopic (exact) mass is 588 g/mol. The van der Waals surface area contributed by atoms with Crippen molar-refractivity contribution >= 4 is 55.7 Å². The third-order valence-corrected chi connectivity index (χ3v) is 15.4. The van der Waals surface area contributed by atoms with Gasteiger partial charge in [-0.3, -0.25) is 4.98 Å². The number of para-hydroxylation sites is 2. The fourth-order valence-electron chi connectivity index (χ4n) is 3.24. The van der Waals surface area contributed by atoms with Gasteiger partial charge in [0.15, 0.2) is 0 Å².